The second-order valence-electron chi connectivity index (χ2n) is 5.18. The number of para-hydroxylation sites is 2. The van der Waals surface area contributed by atoms with Gasteiger partial charge in [-0.3, -0.25) is 0 Å². The number of quaternary nitrogens is 1. The van der Waals surface area contributed by atoms with Crippen molar-refractivity contribution in [1.29, 1.82) is 0 Å². The first-order chi connectivity index (χ1) is 10.3. The second-order valence-corrected chi connectivity index (χ2v) is 5.18. The van der Waals surface area contributed by atoms with E-state index in [1.54, 1.807) is 0 Å². The molecule has 0 aromatic heterocycles. The normalized spacial score (nSPS) is 18.2. The van der Waals surface area contributed by atoms with Crippen molar-refractivity contribution in [3.05, 3.63) is 60.2 Å². The molecule has 1 aliphatic heterocycles. The Labute approximate surface area is 124 Å². The van der Waals surface area contributed by atoms with Gasteiger partial charge in [0.1, 0.15) is 25.8 Å². The Balaban J connectivity index is 1.47. The van der Waals surface area contributed by atoms with Gasteiger partial charge in [0.15, 0.2) is 17.6 Å². The lowest BCUT2D eigenvalue weighted by atomic mass is 10.1. The first-order valence-electron chi connectivity index (χ1n) is 7.26. The quantitative estimate of drug-likeness (QED) is 0.866. The summed E-state index contributed by atoms with van der Waals surface area (Å²) in [5.74, 6) is 1.60. The molecule has 0 fully saturated rings. The Bertz CT molecular complexity index is 573. The lowest BCUT2D eigenvalue weighted by molar-refractivity contribution is -0.667. The van der Waals surface area contributed by atoms with Gasteiger partial charge in [0.25, 0.3) is 0 Å². The van der Waals surface area contributed by atoms with E-state index in [4.69, 9.17) is 9.47 Å². The van der Waals surface area contributed by atoms with E-state index >= 15 is 0 Å². The van der Waals surface area contributed by atoms with Gasteiger partial charge in [-0.1, -0.05) is 42.5 Å². The molecular weight excluding hydrogens is 266 g/mol. The van der Waals surface area contributed by atoms with E-state index in [9.17, 15) is 5.11 Å². The minimum absolute atomic E-state index is 0.0165. The highest BCUT2D eigenvalue weighted by Gasteiger charge is 2.22. The molecule has 0 aliphatic carbocycles. The molecule has 21 heavy (non-hydrogen) atoms. The largest absolute Gasteiger partial charge is 0.486 e. The van der Waals surface area contributed by atoms with Gasteiger partial charge in [-0.25, -0.2) is 0 Å². The van der Waals surface area contributed by atoms with Crippen LogP contribution in [0.25, 0.3) is 0 Å². The molecule has 0 saturated heterocycles. The molecule has 0 saturated carbocycles. The highest BCUT2D eigenvalue weighted by atomic mass is 16.6. The summed E-state index contributed by atoms with van der Waals surface area (Å²) in [5, 5.41) is 12.2. The van der Waals surface area contributed by atoms with E-state index in [2.05, 4.69) is 5.32 Å². The van der Waals surface area contributed by atoms with Crippen LogP contribution >= 0.6 is 0 Å². The summed E-state index contributed by atoms with van der Waals surface area (Å²) < 4.78 is 11.6. The fourth-order valence-corrected chi connectivity index (χ4v) is 2.43. The molecule has 3 rings (SSSR count). The minimum atomic E-state index is -0.456. The van der Waals surface area contributed by atoms with E-state index < -0.39 is 6.10 Å². The molecular formula is C17H20NO3+. The predicted molar refractivity (Wildman–Crippen MR) is 79.4 cm³/mol. The monoisotopic (exact) mass is 286 g/mol. The number of rotatable bonds is 5. The van der Waals surface area contributed by atoms with Crippen molar-refractivity contribution in [2.24, 2.45) is 0 Å². The average molecular weight is 286 g/mol. The van der Waals surface area contributed by atoms with Gasteiger partial charge in [-0.2, -0.15) is 0 Å². The zero-order valence-electron chi connectivity index (χ0n) is 11.8. The highest BCUT2D eigenvalue weighted by Crippen LogP contribution is 2.30. The van der Waals surface area contributed by atoms with Crippen LogP contribution in [0, 0.1) is 0 Å². The van der Waals surface area contributed by atoms with Gasteiger partial charge in [-0.15, -0.1) is 0 Å². The van der Waals surface area contributed by atoms with Gasteiger partial charge < -0.3 is 19.9 Å². The zero-order valence-corrected chi connectivity index (χ0v) is 11.8. The maximum atomic E-state index is 10.1. The first-order valence-corrected chi connectivity index (χ1v) is 7.26. The molecule has 1 aliphatic rings. The molecule has 110 valence electrons. The van der Waals surface area contributed by atoms with Crippen LogP contribution < -0.4 is 14.8 Å². The van der Waals surface area contributed by atoms with Crippen molar-refractivity contribution in [2.45, 2.75) is 12.2 Å². The SMILES string of the molecule is O[C@@H](C[NH2+]C[C@H]1COc2ccccc2O1)c1ccccc1. The van der Waals surface area contributed by atoms with Gasteiger partial charge in [0, 0.05) is 0 Å². The minimum Gasteiger partial charge on any atom is -0.486 e. The molecule has 2 atom stereocenters. The standard InChI is InChI=1S/C17H19NO3/c19-15(13-6-2-1-3-7-13)11-18-10-14-12-20-16-8-4-5-9-17(16)21-14/h1-9,14-15,18-19H,10-12H2/p+1/t14-,15-/m0/s1. The third-order valence-electron chi connectivity index (χ3n) is 3.57. The summed E-state index contributed by atoms with van der Waals surface area (Å²) in [6, 6.07) is 17.4. The van der Waals surface area contributed by atoms with Crippen LogP contribution in [-0.4, -0.2) is 30.9 Å². The van der Waals surface area contributed by atoms with Crippen molar-refractivity contribution >= 4 is 0 Å². The number of fused-ring (bicyclic) bond motifs is 1. The fraction of sp³-hybridized carbons (Fsp3) is 0.294. The summed E-state index contributed by atoms with van der Waals surface area (Å²) in [5.41, 5.74) is 0.944. The molecule has 2 aromatic carbocycles. The molecule has 0 amide bonds. The molecule has 0 bridgehead atoms. The summed E-state index contributed by atoms with van der Waals surface area (Å²) >= 11 is 0. The number of hydrogen-bond donors (Lipinski definition) is 2. The van der Waals surface area contributed by atoms with Crippen molar-refractivity contribution in [3.63, 3.8) is 0 Å². The number of nitrogens with two attached hydrogens (primary N) is 1. The van der Waals surface area contributed by atoms with E-state index in [1.165, 1.54) is 0 Å². The molecule has 3 N–H and O–H groups in total. The van der Waals surface area contributed by atoms with Crippen LogP contribution in [0.5, 0.6) is 11.5 Å². The number of aliphatic hydroxyl groups excluding tert-OH is 1. The van der Waals surface area contributed by atoms with Crippen LogP contribution in [0.2, 0.25) is 0 Å². The van der Waals surface area contributed by atoms with Crippen molar-refractivity contribution in [1.82, 2.24) is 0 Å². The Morgan fingerprint density at radius 1 is 1.05 bits per heavy atom. The second kappa shape index (κ2) is 6.61. The van der Waals surface area contributed by atoms with Crippen LogP contribution in [0.1, 0.15) is 11.7 Å². The van der Waals surface area contributed by atoms with Crippen LogP contribution in [0.15, 0.2) is 54.6 Å². The van der Waals surface area contributed by atoms with Gasteiger partial charge in [0.2, 0.25) is 0 Å². The number of hydrogen-bond acceptors (Lipinski definition) is 3. The van der Waals surface area contributed by atoms with Gasteiger partial charge >= 0.3 is 0 Å². The molecule has 0 spiro atoms. The molecule has 4 heteroatoms. The highest BCUT2D eigenvalue weighted by molar-refractivity contribution is 5.40. The molecule has 4 nitrogen and oxygen atoms in total. The van der Waals surface area contributed by atoms with E-state index in [1.807, 2.05) is 54.6 Å². The zero-order chi connectivity index (χ0) is 14.5. The Hall–Kier alpha value is -2.04. The molecule has 1 heterocycles. The molecule has 0 unspecified atom stereocenters. The number of ether oxygens (including phenoxy) is 2. The third kappa shape index (κ3) is 3.54. The van der Waals surface area contributed by atoms with Gasteiger partial charge in [0.05, 0.1) is 0 Å². The van der Waals surface area contributed by atoms with E-state index in [0.717, 1.165) is 23.6 Å². The lowest BCUT2D eigenvalue weighted by Crippen LogP contribution is -2.88. The summed E-state index contributed by atoms with van der Waals surface area (Å²) in [6.45, 7) is 1.93. The first kappa shape index (κ1) is 13.9. The number of benzene rings is 2. The van der Waals surface area contributed by atoms with Crippen LogP contribution in [-0.2, 0) is 0 Å². The van der Waals surface area contributed by atoms with E-state index in [0.29, 0.717) is 13.2 Å². The molecule has 2 aromatic rings. The van der Waals surface area contributed by atoms with Gasteiger partial charge in [-0.05, 0) is 17.7 Å². The molecule has 0 radical (unpaired) electrons. The topological polar surface area (TPSA) is 55.3 Å². The van der Waals surface area contributed by atoms with Crippen molar-refractivity contribution in [2.75, 3.05) is 19.7 Å². The van der Waals surface area contributed by atoms with Crippen LogP contribution in [0.4, 0.5) is 0 Å². The summed E-state index contributed by atoms with van der Waals surface area (Å²) in [7, 11) is 0. The lowest BCUT2D eigenvalue weighted by Gasteiger charge is -2.25. The van der Waals surface area contributed by atoms with E-state index in [-0.39, 0.29) is 6.10 Å². The maximum Gasteiger partial charge on any atom is 0.181 e. The Kier molecular flexibility index (Phi) is 4.38. The van der Waals surface area contributed by atoms with Crippen LogP contribution in [0.3, 0.4) is 0 Å². The smallest absolute Gasteiger partial charge is 0.181 e. The maximum absolute atomic E-state index is 10.1. The average Bonchev–Trinajstić information content (AvgIpc) is 2.55. The van der Waals surface area contributed by atoms with Crippen molar-refractivity contribution < 1.29 is 19.9 Å². The Morgan fingerprint density at radius 2 is 1.76 bits per heavy atom. The fourth-order valence-electron chi connectivity index (χ4n) is 2.43. The van der Waals surface area contributed by atoms with Crippen molar-refractivity contribution in [3.8, 4) is 11.5 Å². The summed E-state index contributed by atoms with van der Waals surface area (Å²) in [6.07, 6.45) is -0.439. The Morgan fingerprint density at radius 3 is 2.57 bits per heavy atom. The predicted octanol–water partition coefficient (Wildman–Crippen LogP) is 1.12. The number of aliphatic hydroxyl groups is 1. The summed E-state index contributed by atoms with van der Waals surface area (Å²) in [4.78, 5) is 0. The third-order valence-corrected chi connectivity index (χ3v) is 3.57.